The van der Waals surface area contributed by atoms with Crippen LogP contribution < -0.4 is 0 Å². The Morgan fingerprint density at radius 1 is 0.487 bits per heavy atom. The van der Waals surface area contributed by atoms with Crippen LogP contribution in [0.4, 0.5) is 13.2 Å². The number of alkyl halides is 6. The second-order valence-electron chi connectivity index (χ2n) is 13.9. The van der Waals surface area contributed by atoms with Gasteiger partial charge in [0.05, 0.1) is 32.2 Å². The molecule has 6 rings (SSSR count). The Bertz CT molecular complexity index is 958. The second kappa shape index (κ2) is 9.07. The van der Waals surface area contributed by atoms with Crippen molar-refractivity contribution < 1.29 is 41.8 Å². The number of hydrogen-bond acceptors (Lipinski definition) is 6. The van der Waals surface area contributed by atoms with E-state index in [1.54, 1.807) is 0 Å². The molecule has 0 aromatic heterocycles. The van der Waals surface area contributed by atoms with E-state index in [9.17, 15) is 27.6 Å². The van der Waals surface area contributed by atoms with Crippen molar-refractivity contribution in [3.63, 3.8) is 0 Å². The zero-order valence-corrected chi connectivity index (χ0v) is 28.2. The third-order valence-electron chi connectivity index (χ3n) is 9.82. The third-order valence-corrected chi connectivity index (χ3v) is 14.0. The molecule has 0 aromatic carbocycles. The van der Waals surface area contributed by atoms with Gasteiger partial charge in [-0.2, -0.15) is 13.2 Å². The van der Waals surface area contributed by atoms with Gasteiger partial charge in [0.2, 0.25) is 0 Å². The first-order chi connectivity index (χ1) is 17.3. The topological polar surface area (TPSA) is 78.9 Å². The van der Waals surface area contributed by atoms with Crippen LogP contribution in [0.3, 0.4) is 0 Å². The van der Waals surface area contributed by atoms with E-state index in [-0.39, 0.29) is 66.2 Å². The molecule has 6 fully saturated rings. The van der Waals surface area contributed by atoms with E-state index in [1.165, 1.54) is 20.8 Å². The van der Waals surface area contributed by atoms with Crippen LogP contribution >= 0.6 is 47.8 Å². The lowest BCUT2D eigenvalue weighted by Gasteiger charge is -2.29. The van der Waals surface area contributed by atoms with Gasteiger partial charge in [0.25, 0.3) is 17.6 Å². The number of rotatable bonds is 0. The molecule has 12 atom stereocenters. The van der Waals surface area contributed by atoms with Crippen molar-refractivity contribution in [1.82, 2.24) is 0 Å². The number of halogens is 6. The number of carbonyl (C=O) groups is 3. The summed E-state index contributed by atoms with van der Waals surface area (Å²) >= 11 is 9.80. The summed E-state index contributed by atoms with van der Waals surface area (Å²) in [5.41, 5.74) is -0.348. The maximum atomic E-state index is 13.6. The predicted molar refractivity (Wildman–Crippen MR) is 147 cm³/mol. The molecule has 0 N–H and O–H groups in total. The quantitative estimate of drug-likeness (QED) is 0.154. The average molecular weight is 753 g/mol. The normalized spacial score (nSPS) is 52.4. The van der Waals surface area contributed by atoms with Gasteiger partial charge in [-0.15, -0.1) is 0 Å². The van der Waals surface area contributed by atoms with Gasteiger partial charge in [0, 0.05) is 20.8 Å². The molecule has 0 radical (unpaired) electrons. The minimum atomic E-state index is -1.86. The molecule has 222 valence electrons. The Hall–Kier alpha value is -0.360. The number of hydrogen-bond donors (Lipinski definition) is 0. The SMILES string of the molecule is CC1(C)[C@@H]2[C@H]1C(=O)O[C@@](C)(F)[C@@H]2Br.CC1(C)[C@@H]2[C@H]1C(=O)O[C@@](C)(F)[C@H]2Br.CC1(C)[C@@H]2[C@H]1C(=O)O[C@](C)(F)[C@H]2Br. The maximum absolute atomic E-state index is 13.6. The molecule has 0 amide bonds. The Labute approximate surface area is 252 Å². The van der Waals surface area contributed by atoms with Gasteiger partial charge >= 0.3 is 17.9 Å². The molecular formula is C27H36Br3F3O6. The monoisotopic (exact) mass is 750 g/mol. The van der Waals surface area contributed by atoms with Gasteiger partial charge in [-0.3, -0.25) is 14.4 Å². The van der Waals surface area contributed by atoms with Crippen LogP contribution in [0.1, 0.15) is 62.3 Å². The lowest BCUT2D eigenvalue weighted by atomic mass is 10.0. The van der Waals surface area contributed by atoms with E-state index in [0.717, 1.165) is 0 Å². The van der Waals surface area contributed by atoms with Gasteiger partial charge in [-0.25, -0.2) is 0 Å². The van der Waals surface area contributed by atoms with Crippen molar-refractivity contribution in [2.75, 3.05) is 0 Å². The Morgan fingerprint density at radius 2 is 0.667 bits per heavy atom. The maximum Gasteiger partial charge on any atom is 0.312 e. The van der Waals surface area contributed by atoms with E-state index in [1.807, 2.05) is 41.5 Å². The van der Waals surface area contributed by atoms with Gasteiger partial charge in [-0.05, 0) is 34.0 Å². The molecule has 6 nitrogen and oxygen atoms in total. The largest absolute Gasteiger partial charge is 0.427 e. The zero-order chi connectivity index (χ0) is 30.0. The van der Waals surface area contributed by atoms with Gasteiger partial charge in [0.15, 0.2) is 0 Å². The molecule has 3 heterocycles. The molecule has 0 aromatic rings. The highest BCUT2D eigenvalue weighted by Crippen LogP contribution is 2.68. The van der Waals surface area contributed by atoms with Crippen LogP contribution in [-0.4, -0.2) is 50.0 Å². The van der Waals surface area contributed by atoms with E-state index >= 15 is 0 Å². The van der Waals surface area contributed by atoms with E-state index in [4.69, 9.17) is 14.2 Å². The average Bonchev–Trinajstić information content (AvgIpc) is 3.64. The minimum Gasteiger partial charge on any atom is -0.427 e. The van der Waals surface area contributed by atoms with Crippen LogP contribution in [0, 0.1) is 51.8 Å². The smallest absolute Gasteiger partial charge is 0.312 e. The Morgan fingerprint density at radius 3 is 0.846 bits per heavy atom. The Kier molecular flexibility index (Phi) is 7.34. The lowest BCUT2D eigenvalue weighted by Crippen LogP contribution is -2.42. The highest BCUT2D eigenvalue weighted by Gasteiger charge is 2.74. The van der Waals surface area contributed by atoms with Gasteiger partial charge in [0.1, 0.15) is 0 Å². The van der Waals surface area contributed by atoms with Crippen LogP contribution in [-0.2, 0) is 28.6 Å². The fourth-order valence-corrected chi connectivity index (χ4v) is 10.2. The summed E-state index contributed by atoms with van der Waals surface area (Å²) in [6, 6.07) is 0. The van der Waals surface area contributed by atoms with Gasteiger partial charge in [-0.1, -0.05) is 89.3 Å². The molecule has 6 aliphatic rings. The molecule has 3 saturated carbocycles. The first kappa shape index (κ1) is 31.6. The van der Waals surface area contributed by atoms with Crippen LogP contribution in [0.2, 0.25) is 0 Å². The van der Waals surface area contributed by atoms with Crippen LogP contribution in [0.5, 0.6) is 0 Å². The number of ether oxygens (including phenoxy) is 3. The van der Waals surface area contributed by atoms with E-state index in [2.05, 4.69) is 47.8 Å². The number of carbonyl (C=O) groups excluding carboxylic acids is 3. The summed E-state index contributed by atoms with van der Waals surface area (Å²) in [6.45, 7) is 15.7. The molecule has 0 spiro atoms. The Balaban J connectivity index is 0.000000136. The molecule has 12 heteroatoms. The number of cyclic esters (lactones) is 3. The van der Waals surface area contributed by atoms with E-state index in [0.29, 0.717) is 0 Å². The van der Waals surface area contributed by atoms with Crippen molar-refractivity contribution in [3.8, 4) is 0 Å². The fourth-order valence-electron chi connectivity index (χ4n) is 6.93. The summed E-state index contributed by atoms with van der Waals surface area (Å²) in [4.78, 5) is 32.9. The lowest BCUT2D eigenvalue weighted by molar-refractivity contribution is -0.188. The van der Waals surface area contributed by atoms with Crippen molar-refractivity contribution in [2.45, 2.75) is 94.4 Å². The fraction of sp³-hybridized carbons (Fsp3) is 0.889. The molecule has 3 aliphatic carbocycles. The summed E-state index contributed by atoms with van der Waals surface area (Å²) in [5, 5.41) is 0. The molecule has 3 saturated heterocycles. The van der Waals surface area contributed by atoms with Crippen LogP contribution in [0.15, 0.2) is 0 Å². The first-order valence-electron chi connectivity index (χ1n) is 13.0. The number of esters is 3. The molecule has 3 aliphatic heterocycles. The van der Waals surface area contributed by atoms with Crippen molar-refractivity contribution in [3.05, 3.63) is 0 Å². The first-order valence-corrected chi connectivity index (χ1v) is 15.8. The summed E-state index contributed by atoms with van der Waals surface area (Å²) in [6.07, 6.45) is 0. The highest BCUT2D eigenvalue weighted by atomic mass is 79.9. The predicted octanol–water partition coefficient (Wildman–Crippen LogP) is 6.79. The minimum absolute atomic E-state index is 0.0729. The molecule has 0 bridgehead atoms. The second-order valence-corrected chi connectivity index (χ2v) is 16.9. The number of fused-ring (bicyclic) bond motifs is 3. The zero-order valence-electron chi connectivity index (χ0n) is 23.4. The van der Waals surface area contributed by atoms with Crippen molar-refractivity contribution >= 4 is 65.7 Å². The third kappa shape index (κ3) is 4.91. The highest BCUT2D eigenvalue weighted by molar-refractivity contribution is 9.10. The van der Waals surface area contributed by atoms with Gasteiger partial charge < -0.3 is 14.2 Å². The van der Waals surface area contributed by atoms with Crippen molar-refractivity contribution in [2.24, 2.45) is 51.8 Å². The van der Waals surface area contributed by atoms with Crippen LogP contribution in [0.25, 0.3) is 0 Å². The summed E-state index contributed by atoms with van der Waals surface area (Å²) in [5.74, 6) is -6.90. The molecule has 0 unspecified atom stereocenters. The van der Waals surface area contributed by atoms with Crippen molar-refractivity contribution in [1.29, 1.82) is 0 Å². The standard InChI is InChI=1S/3C9H12BrFO2/c3*1-8(2)4-5(8)7(12)13-9(3,11)6(4)10/h3*4-6H,1-3H3/t4-,5+,6+,9+;4-,5+,6+,9-;4-,5+,6-,9-/m111/s1. The summed E-state index contributed by atoms with van der Waals surface area (Å²) in [7, 11) is 0. The van der Waals surface area contributed by atoms with E-state index < -0.39 is 35.5 Å². The molecule has 39 heavy (non-hydrogen) atoms. The molecular weight excluding hydrogens is 717 g/mol. The summed E-state index contributed by atoms with van der Waals surface area (Å²) < 4.78 is 55.1.